The van der Waals surface area contributed by atoms with Crippen molar-refractivity contribution in [1.82, 2.24) is 19.4 Å². The number of anilines is 1. The van der Waals surface area contributed by atoms with Crippen LogP contribution in [0.3, 0.4) is 0 Å². The Labute approximate surface area is 175 Å². The van der Waals surface area contributed by atoms with Crippen LogP contribution in [0.4, 0.5) is 5.95 Å². The number of pyridine rings is 1. The number of hydrogen-bond donors (Lipinski definition) is 1. The number of aryl methyl sites for hydroxylation is 1. The minimum absolute atomic E-state index is 0.159. The summed E-state index contributed by atoms with van der Waals surface area (Å²) in [4.78, 5) is 16.0. The fraction of sp³-hybridized carbons (Fsp3) is 0.450. The van der Waals surface area contributed by atoms with Crippen molar-refractivity contribution >= 4 is 35.0 Å². The molecule has 1 saturated heterocycles. The zero-order chi connectivity index (χ0) is 20.3. The number of hydrogen-bond acceptors (Lipinski definition) is 6. The Morgan fingerprint density at radius 3 is 2.64 bits per heavy atom. The summed E-state index contributed by atoms with van der Waals surface area (Å²) in [5.74, 6) is 1.26. The first-order chi connectivity index (χ1) is 13.4. The van der Waals surface area contributed by atoms with Gasteiger partial charge in [-0.2, -0.15) is 11.8 Å². The molecule has 1 aliphatic rings. The molecule has 6 nitrogen and oxygen atoms in total. The molecule has 28 heavy (non-hydrogen) atoms. The minimum atomic E-state index is 0.159. The van der Waals surface area contributed by atoms with E-state index in [-0.39, 0.29) is 6.04 Å². The Bertz CT molecular complexity index is 934. The van der Waals surface area contributed by atoms with Gasteiger partial charge in [0.1, 0.15) is 5.65 Å². The molecule has 4 heterocycles. The molecule has 0 spiro atoms. The highest BCUT2D eigenvalue weighted by Gasteiger charge is 2.24. The monoisotopic (exact) mass is 418 g/mol. The smallest absolute Gasteiger partial charge is 0.225 e. The summed E-state index contributed by atoms with van der Waals surface area (Å²) in [5.41, 5.74) is 9.80. The van der Waals surface area contributed by atoms with Gasteiger partial charge in [0.15, 0.2) is 0 Å². The van der Waals surface area contributed by atoms with E-state index in [2.05, 4.69) is 21.8 Å². The van der Waals surface area contributed by atoms with Crippen molar-refractivity contribution in [1.29, 1.82) is 0 Å². The van der Waals surface area contributed by atoms with Crippen molar-refractivity contribution in [3.63, 3.8) is 0 Å². The number of rotatable bonds is 2. The Kier molecular flexibility index (Phi) is 6.80. The lowest BCUT2D eigenvalue weighted by molar-refractivity contribution is 0.398. The van der Waals surface area contributed by atoms with Crippen LogP contribution in [0.25, 0.3) is 17.0 Å². The predicted molar refractivity (Wildman–Crippen MR) is 119 cm³/mol. The number of thioether (sulfide) groups is 1. The lowest BCUT2D eigenvalue weighted by Crippen LogP contribution is -2.47. The number of imidazole rings is 1. The Hall–Kier alpha value is -1.83. The van der Waals surface area contributed by atoms with E-state index < -0.39 is 0 Å². The lowest BCUT2D eigenvalue weighted by atomic mass is 9.97. The molecular formula is C20H27ClN6S. The maximum Gasteiger partial charge on any atom is 0.225 e. The van der Waals surface area contributed by atoms with Gasteiger partial charge in [0.2, 0.25) is 5.95 Å². The van der Waals surface area contributed by atoms with Crippen LogP contribution in [0.5, 0.6) is 0 Å². The molecule has 0 bridgehead atoms. The second kappa shape index (κ2) is 9.11. The molecule has 0 saturated carbocycles. The molecule has 3 aromatic heterocycles. The Balaban J connectivity index is 0.000000706. The maximum absolute atomic E-state index is 6.18. The molecule has 0 amide bonds. The number of halogens is 1. The van der Waals surface area contributed by atoms with Gasteiger partial charge in [0, 0.05) is 31.5 Å². The SMILES string of the molecule is CSC.Cc1cnc(N2CC(C)CC(N)C2)nc1-c1cnc2ccc(Cl)cn12. The molecule has 2 unspecified atom stereocenters. The normalized spacial score (nSPS) is 19.4. The first-order valence-corrected chi connectivity index (χ1v) is 11.3. The molecule has 3 aromatic rings. The van der Waals surface area contributed by atoms with Crippen LogP contribution in [0.15, 0.2) is 30.7 Å². The fourth-order valence-electron chi connectivity index (χ4n) is 3.54. The van der Waals surface area contributed by atoms with Crippen molar-refractivity contribution in [2.45, 2.75) is 26.3 Å². The van der Waals surface area contributed by atoms with E-state index >= 15 is 0 Å². The van der Waals surface area contributed by atoms with Crippen LogP contribution in [0, 0.1) is 12.8 Å². The average molecular weight is 419 g/mol. The lowest BCUT2D eigenvalue weighted by Gasteiger charge is -2.34. The molecule has 1 aliphatic heterocycles. The van der Waals surface area contributed by atoms with Crippen LogP contribution in [0.2, 0.25) is 5.02 Å². The van der Waals surface area contributed by atoms with Crippen LogP contribution in [-0.2, 0) is 0 Å². The molecule has 2 N–H and O–H groups in total. The largest absolute Gasteiger partial charge is 0.339 e. The molecule has 8 heteroatoms. The van der Waals surface area contributed by atoms with Crippen LogP contribution in [-0.4, -0.2) is 51.0 Å². The summed E-state index contributed by atoms with van der Waals surface area (Å²) in [6.07, 6.45) is 10.7. The topological polar surface area (TPSA) is 72.3 Å². The quantitative estimate of drug-likeness (QED) is 0.680. The van der Waals surface area contributed by atoms with Gasteiger partial charge in [-0.15, -0.1) is 0 Å². The highest BCUT2D eigenvalue weighted by Crippen LogP contribution is 2.26. The molecule has 1 fully saturated rings. The van der Waals surface area contributed by atoms with E-state index in [9.17, 15) is 0 Å². The molecule has 4 rings (SSSR count). The maximum atomic E-state index is 6.18. The van der Waals surface area contributed by atoms with Crippen molar-refractivity contribution < 1.29 is 0 Å². The third-order valence-electron chi connectivity index (χ3n) is 4.65. The number of aromatic nitrogens is 4. The first kappa shape index (κ1) is 20.9. The number of fused-ring (bicyclic) bond motifs is 1. The summed E-state index contributed by atoms with van der Waals surface area (Å²) in [6, 6.07) is 3.89. The third kappa shape index (κ3) is 4.59. The third-order valence-corrected chi connectivity index (χ3v) is 4.87. The van der Waals surface area contributed by atoms with Crippen LogP contribution >= 0.6 is 23.4 Å². The van der Waals surface area contributed by atoms with Crippen LogP contribution in [0.1, 0.15) is 18.9 Å². The zero-order valence-electron chi connectivity index (χ0n) is 16.8. The van der Waals surface area contributed by atoms with E-state index in [0.717, 1.165) is 48.1 Å². The van der Waals surface area contributed by atoms with Gasteiger partial charge < -0.3 is 10.6 Å². The minimum Gasteiger partial charge on any atom is -0.339 e. The Morgan fingerprint density at radius 1 is 1.18 bits per heavy atom. The second-order valence-electron chi connectivity index (χ2n) is 7.33. The average Bonchev–Trinajstić information content (AvgIpc) is 3.05. The molecular weight excluding hydrogens is 392 g/mol. The van der Waals surface area contributed by atoms with Crippen molar-refractivity contribution in [2.75, 3.05) is 30.5 Å². The predicted octanol–water partition coefficient (Wildman–Crippen LogP) is 3.91. The van der Waals surface area contributed by atoms with E-state index in [1.54, 1.807) is 11.8 Å². The van der Waals surface area contributed by atoms with Gasteiger partial charge >= 0.3 is 0 Å². The molecule has 2 atom stereocenters. The first-order valence-electron chi connectivity index (χ1n) is 9.30. The second-order valence-corrected chi connectivity index (χ2v) is 8.59. The summed E-state index contributed by atoms with van der Waals surface area (Å²) in [7, 11) is 0. The fourth-order valence-corrected chi connectivity index (χ4v) is 3.70. The Morgan fingerprint density at radius 2 is 1.93 bits per heavy atom. The summed E-state index contributed by atoms with van der Waals surface area (Å²) < 4.78 is 1.96. The highest BCUT2D eigenvalue weighted by atomic mass is 35.5. The summed E-state index contributed by atoms with van der Waals surface area (Å²) in [6.45, 7) is 5.93. The van der Waals surface area contributed by atoms with Gasteiger partial charge in [0.25, 0.3) is 0 Å². The highest BCUT2D eigenvalue weighted by molar-refractivity contribution is 7.97. The number of piperidine rings is 1. The van der Waals surface area contributed by atoms with E-state index in [1.807, 2.05) is 54.6 Å². The number of nitrogens with two attached hydrogens (primary N) is 1. The van der Waals surface area contributed by atoms with Crippen molar-refractivity contribution in [3.05, 3.63) is 41.3 Å². The molecule has 0 radical (unpaired) electrons. The van der Waals surface area contributed by atoms with Gasteiger partial charge in [-0.25, -0.2) is 15.0 Å². The van der Waals surface area contributed by atoms with Gasteiger partial charge in [-0.3, -0.25) is 4.40 Å². The number of nitrogens with zero attached hydrogens (tertiary/aromatic N) is 5. The van der Waals surface area contributed by atoms with Gasteiger partial charge in [-0.05, 0) is 49.5 Å². The summed E-state index contributed by atoms with van der Waals surface area (Å²) >= 11 is 7.91. The van der Waals surface area contributed by atoms with E-state index in [4.69, 9.17) is 22.3 Å². The standard InChI is InChI=1S/C18H21ClN6.C2H6S/c1-11-5-14(20)10-24(8-11)18-22-6-12(2)17(23-18)15-7-21-16-4-3-13(19)9-25(15)16;1-3-2/h3-4,6-7,9,11,14H,5,8,10,20H2,1-2H3;1-2H3. The van der Waals surface area contributed by atoms with E-state index in [0.29, 0.717) is 10.9 Å². The zero-order valence-corrected chi connectivity index (χ0v) is 18.3. The van der Waals surface area contributed by atoms with Crippen LogP contribution < -0.4 is 10.6 Å². The van der Waals surface area contributed by atoms with Crippen molar-refractivity contribution in [3.8, 4) is 11.4 Å². The molecule has 0 aromatic carbocycles. The summed E-state index contributed by atoms with van der Waals surface area (Å²) in [5, 5.41) is 0.662. The molecule has 0 aliphatic carbocycles. The van der Waals surface area contributed by atoms with Gasteiger partial charge in [0.05, 0.1) is 22.6 Å². The van der Waals surface area contributed by atoms with Gasteiger partial charge in [-0.1, -0.05) is 18.5 Å². The van der Waals surface area contributed by atoms with E-state index in [1.165, 1.54) is 0 Å². The van der Waals surface area contributed by atoms with Crippen molar-refractivity contribution in [2.24, 2.45) is 11.7 Å². The molecule has 150 valence electrons.